The second-order valence-corrected chi connectivity index (χ2v) is 6.54. The average molecular weight is 308 g/mol. The van der Waals surface area contributed by atoms with E-state index in [1.54, 1.807) is 7.11 Å². The standard InChI is InChI=1S/C15H20N2O3S/c1-10-6-5-7-11-13(10)17(15(2,3)9-20-4)14(16-11)21-8-12(18)19/h5-7H,8-9H2,1-4H3,(H,18,19). The summed E-state index contributed by atoms with van der Waals surface area (Å²) in [5, 5.41) is 9.63. The molecule has 5 nitrogen and oxygen atoms in total. The SMILES string of the molecule is COCC(C)(C)n1c(SCC(=O)O)nc2cccc(C)c21. The van der Waals surface area contributed by atoms with Crippen LogP contribution in [0.25, 0.3) is 11.0 Å². The van der Waals surface area contributed by atoms with Gasteiger partial charge in [0.1, 0.15) is 0 Å². The molecule has 2 rings (SSSR count). The third-order valence-corrected chi connectivity index (χ3v) is 4.20. The number of carboxylic acids is 1. The number of aliphatic carboxylic acids is 1. The number of imidazole rings is 1. The Bertz CT molecular complexity index is 664. The number of hydrogen-bond acceptors (Lipinski definition) is 4. The average Bonchev–Trinajstić information content (AvgIpc) is 2.77. The van der Waals surface area contributed by atoms with Gasteiger partial charge in [0.15, 0.2) is 5.16 Å². The molecule has 0 amide bonds. The summed E-state index contributed by atoms with van der Waals surface area (Å²) in [6, 6.07) is 5.95. The normalized spacial score (nSPS) is 12.0. The summed E-state index contributed by atoms with van der Waals surface area (Å²) < 4.78 is 7.42. The first-order chi connectivity index (χ1) is 9.86. The summed E-state index contributed by atoms with van der Waals surface area (Å²) in [4.78, 5) is 15.5. The second-order valence-electron chi connectivity index (χ2n) is 5.60. The monoisotopic (exact) mass is 308 g/mol. The molecule has 1 N–H and O–H groups in total. The Kier molecular flexibility index (Phi) is 4.58. The Morgan fingerprint density at radius 1 is 1.48 bits per heavy atom. The predicted molar refractivity (Wildman–Crippen MR) is 84.0 cm³/mol. The topological polar surface area (TPSA) is 64.3 Å². The van der Waals surface area contributed by atoms with Gasteiger partial charge in [0, 0.05) is 7.11 Å². The van der Waals surface area contributed by atoms with Gasteiger partial charge >= 0.3 is 5.97 Å². The Labute approximate surface area is 128 Å². The fraction of sp³-hybridized carbons (Fsp3) is 0.467. The highest BCUT2D eigenvalue weighted by Crippen LogP contribution is 2.32. The number of hydrogen-bond donors (Lipinski definition) is 1. The van der Waals surface area contributed by atoms with E-state index in [1.807, 2.05) is 25.1 Å². The lowest BCUT2D eigenvalue weighted by Crippen LogP contribution is -2.32. The van der Waals surface area contributed by atoms with E-state index in [0.29, 0.717) is 11.8 Å². The van der Waals surface area contributed by atoms with Crippen LogP contribution in [-0.4, -0.2) is 40.1 Å². The third-order valence-electron chi connectivity index (χ3n) is 3.28. The quantitative estimate of drug-likeness (QED) is 0.831. The summed E-state index contributed by atoms with van der Waals surface area (Å²) in [5.74, 6) is -0.856. The van der Waals surface area contributed by atoms with E-state index in [-0.39, 0.29) is 11.3 Å². The van der Waals surface area contributed by atoms with E-state index in [0.717, 1.165) is 16.6 Å². The van der Waals surface area contributed by atoms with Crippen LogP contribution in [0.1, 0.15) is 19.4 Å². The molecule has 0 saturated carbocycles. The lowest BCUT2D eigenvalue weighted by Gasteiger charge is -2.28. The number of benzene rings is 1. The van der Waals surface area contributed by atoms with Gasteiger partial charge in [-0.15, -0.1) is 0 Å². The molecule has 0 saturated heterocycles. The number of nitrogens with zero attached hydrogens (tertiary/aromatic N) is 2. The van der Waals surface area contributed by atoms with E-state index in [4.69, 9.17) is 9.84 Å². The van der Waals surface area contributed by atoms with E-state index in [1.165, 1.54) is 11.8 Å². The van der Waals surface area contributed by atoms with Crippen LogP contribution in [0.15, 0.2) is 23.4 Å². The van der Waals surface area contributed by atoms with Crippen molar-refractivity contribution in [3.05, 3.63) is 23.8 Å². The summed E-state index contributed by atoms with van der Waals surface area (Å²) in [6.45, 7) is 6.69. The van der Waals surface area contributed by atoms with E-state index >= 15 is 0 Å². The van der Waals surface area contributed by atoms with Gasteiger partial charge in [-0.05, 0) is 32.4 Å². The molecule has 0 fully saturated rings. The Balaban J connectivity index is 2.61. The fourth-order valence-electron chi connectivity index (χ4n) is 2.48. The van der Waals surface area contributed by atoms with Crippen molar-refractivity contribution in [2.45, 2.75) is 31.5 Å². The second kappa shape index (κ2) is 6.07. The van der Waals surface area contributed by atoms with Crippen molar-refractivity contribution >= 4 is 28.8 Å². The van der Waals surface area contributed by atoms with Gasteiger partial charge in [0.25, 0.3) is 0 Å². The van der Waals surface area contributed by atoms with Crippen LogP contribution in [0.5, 0.6) is 0 Å². The number of thioether (sulfide) groups is 1. The lowest BCUT2D eigenvalue weighted by atomic mass is 10.1. The molecule has 6 heteroatoms. The molecule has 0 aliphatic heterocycles. The Morgan fingerprint density at radius 2 is 2.19 bits per heavy atom. The molecule has 0 bridgehead atoms. The molecule has 0 unspecified atom stereocenters. The number of ether oxygens (including phenoxy) is 1. The number of rotatable bonds is 6. The minimum atomic E-state index is -0.847. The zero-order valence-electron chi connectivity index (χ0n) is 12.7. The highest BCUT2D eigenvalue weighted by Gasteiger charge is 2.27. The number of carbonyl (C=O) groups is 1. The number of para-hydroxylation sites is 1. The molecule has 21 heavy (non-hydrogen) atoms. The van der Waals surface area contributed by atoms with Crippen LogP contribution >= 0.6 is 11.8 Å². The third kappa shape index (κ3) is 3.22. The maximum atomic E-state index is 10.9. The van der Waals surface area contributed by atoms with Crippen molar-refractivity contribution < 1.29 is 14.6 Å². The van der Waals surface area contributed by atoms with Gasteiger partial charge < -0.3 is 14.4 Å². The number of methoxy groups -OCH3 is 1. The van der Waals surface area contributed by atoms with Gasteiger partial charge in [-0.1, -0.05) is 23.9 Å². The highest BCUT2D eigenvalue weighted by molar-refractivity contribution is 7.99. The van der Waals surface area contributed by atoms with Crippen LogP contribution in [0.3, 0.4) is 0 Å². The van der Waals surface area contributed by atoms with Crippen LogP contribution in [0.2, 0.25) is 0 Å². The first-order valence-corrected chi connectivity index (χ1v) is 7.67. The fourth-order valence-corrected chi connectivity index (χ4v) is 3.36. The van der Waals surface area contributed by atoms with Gasteiger partial charge in [-0.3, -0.25) is 4.79 Å². The van der Waals surface area contributed by atoms with Crippen molar-refractivity contribution in [1.29, 1.82) is 0 Å². The lowest BCUT2D eigenvalue weighted by molar-refractivity contribution is -0.133. The molecular weight excluding hydrogens is 288 g/mol. The smallest absolute Gasteiger partial charge is 0.313 e. The molecule has 0 radical (unpaired) electrons. The zero-order valence-corrected chi connectivity index (χ0v) is 13.5. The van der Waals surface area contributed by atoms with Crippen molar-refractivity contribution in [3.63, 3.8) is 0 Å². The Hall–Kier alpha value is -1.53. The summed E-state index contributed by atoms with van der Waals surface area (Å²) >= 11 is 1.24. The molecule has 1 aromatic carbocycles. The van der Waals surface area contributed by atoms with Crippen LogP contribution in [0, 0.1) is 6.92 Å². The minimum absolute atomic E-state index is 0.00850. The van der Waals surface area contributed by atoms with Gasteiger partial charge in [-0.25, -0.2) is 4.98 Å². The van der Waals surface area contributed by atoms with E-state index < -0.39 is 5.97 Å². The molecular formula is C15H20N2O3S. The predicted octanol–water partition coefficient (Wildman–Crippen LogP) is 2.90. The molecule has 2 aromatic rings. The minimum Gasteiger partial charge on any atom is -0.481 e. The summed E-state index contributed by atoms with van der Waals surface area (Å²) in [7, 11) is 1.66. The molecule has 1 heterocycles. The first-order valence-electron chi connectivity index (χ1n) is 6.69. The van der Waals surface area contributed by atoms with Gasteiger partial charge in [0.2, 0.25) is 0 Å². The molecule has 0 aliphatic rings. The van der Waals surface area contributed by atoms with Crippen LogP contribution < -0.4 is 0 Å². The van der Waals surface area contributed by atoms with Crippen molar-refractivity contribution in [3.8, 4) is 0 Å². The summed E-state index contributed by atoms with van der Waals surface area (Å²) in [6.07, 6.45) is 0. The maximum Gasteiger partial charge on any atom is 0.313 e. The molecule has 0 spiro atoms. The van der Waals surface area contributed by atoms with Crippen LogP contribution in [0.4, 0.5) is 0 Å². The molecule has 1 aromatic heterocycles. The number of aryl methyl sites for hydroxylation is 1. The van der Waals surface area contributed by atoms with E-state index in [9.17, 15) is 4.79 Å². The number of carboxylic acid groups (broad SMARTS) is 1. The van der Waals surface area contributed by atoms with Crippen molar-refractivity contribution in [1.82, 2.24) is 9.55 Å². The molecule has 0 atom stereocenters. The van der Waals surface area contributed by atoms with E-state index in [2.05, 4.69) is 23.4 Å². The highest BCUT2D eigenvalue weighted by atomic mass is 32.2. The van der Waals surface area contributed by atoms with Crippen molar-refractivity contribution in [2.75, 3.05) is 19.5 Å². The van der Waals surface area contributed by atoms with Gasteiger partial charge in [0.05, 0.1) is 28.9 Å². The van der Waals surface area contributed by atoms with Crippen molar-refractivity contribution in [2.24, 2.45) is 0 Å². The summed E-state index contributed by atoms with van der Waals surface area (Å²) in [5.41, 5.74) is 2.72. The largest absolute Gasteiger partial charge is 0.481 e. The first kappa shape index (κ1) is 15.9. The zero-order chi connectivity index (χ0) is 15.6. The number of aromatic nitrogens is 2. The number of fused-ring (bicyclic) bond motifs is 1. The molecule has 0 aliphatic carbocycles. The molecule has 114 valence electrons. The Morgan fingerprint density at radius 3 is 2.81 bits per heavy atom. The van der Waals surface area contributed by atoms with Gasteiger partial charge in [-0.2, -0.15) is 0 Å². The van der Waals surface area contributed by atoms with Crippen LogP contribution in [-0.2, 0) is 15.1 Å². The maximum absolute atomic E-state index is 10.9.